The lowest BCUT2D eigenvalue weighted by molar-refractivity contribution is -0.124. The first-order valence-electron chi connectivity index (χ1n) is 7.16. The summed E-state index contributed by atoms with van der Waals surface area (Å²) in [5.41, 5.74) is 4.95. The van der Waals surface area contributed by atoms with E-state index in [-0.39, 0.29) is 5.91 Å². The zero-order valence-electron chi connectivity index (χ0n) is 12.3. The number of rotatable bonds is 9. The van der Waals surface area contributed by atoms with E-state index >= 15 is 0 Å². The fourth-order valence-corrected chi connectivity index (χ4v) is 2.24. The third-order valence-corrected chi connectivity index (χ3v) is 4.27. The second kappa shape index (κ2) is 6.53. The van der Waals surface area contributed by atoms with E-state index in [4.69, 9.17) is 5.73 Å². The molecule has 1 aliphatic rings. The van der Waals surface area contributed by atoms with Gasteiger partial charge in [0.05, 0.1) is 5.54 Å². The molecule has 0 spiro atoms. The van der Waals surface area contributed by atoms with E-state index in [1.165, 1.54) is 12.8 Å². The summed E-state index contributed by atoms with van der Waals surface area (Å²) in [6.45, 7) is 8.03. The van der Waals surface area contributed by atoms with Crippen molar-refractivity contribution >= 4 is 5.91 Å². The van der Waals surface area contributed by atoms with Gasteiger partial charge in [0, 0.05) is 12.6 Å². The minimum atomic E-state index is -0.576. The molecule has 0 aliphatic heterocycles. The molecule has 18 heavy (non-hydrogen) atoms. The van der Waals surface area contributed by atoms with E-state index in [0.29, 0.717) is 6.04 Å². The molecule has 0 bridgehead atoms. The van der Waals surface area contributed by atoms with Gasteiger partial charge in [0.1, 0.15) is 0 Å². The first kappa shape index (κ1) is 15.4. The predicted octanol–water partition coefficient (Wildman–Crippen LogP) is 1.35. The molecule has 4 nitrogen and oxygen atoms in total. The summed E-state index contributed by atoms with van der Waals surface area (Å²) in [5.74, 6) is 0.613. The van der Waals surface area contributed by atoms with Gasteiger partial charge in [-0.3, -0.25) is 4.79 Å². The molecular weight excluding hydrogens is 226 g/mol. The zero-order valence-corrected chi connectivity index (χ0v) is 12.3. The molecule has 0 saturated heterocycles. The lowest BCUT2D eigenvalue weighted by atomic mass is 9.96. The highest BCUT2D eigenvalue weighted by Crippen LogP contribution is 2.34. The normalized spacial score (nSPS) is 20.7. The third-order valence-electron chi connectivity index (χ3n) is 4.27. The van der Waals surface area contributed by atoms with Crippen molar-refractivity contribution in [1.82, 2.24) is 10.2 Å². The van der Waals surface area contributed by atoms with E-state index in [0.717, 1.165) is 31.8 Å². The van der Waals surface area contributed by atoms with Crippen LogP contribution >= 0.6 is 0 Å². The van der Waals surface area contributed by atoms with Crippen LogP contribution in [0.5, 0.6) is 0 Å². The van der Waals surface area contributed by atoms with Crippen molar-refractivity contribution in [1.29, 1.82) is 0 Å². The van der Waals surface area contributed by atoms with Gasteiger partial charge in [0.25, 0.3) is 0 Å². The molecular formula is C14H29N3O. The maximum absolute atomic E-state index is 11.6. The Morgan fingerprint density at radius 2 is 2.17 bits per heavy atom. The second-order valence-corrected chi connectivity index (χ2v) is 5.93. The van der Waals surface area contributed by atoms with Gasteiger partial charge < -0.3 is 16.0 Å². The number of carbonyl (C=O) groups excluding carboxylic acids is 1. The number of amides is 1. The molecule has 2 atom stereocenters. The summed E-state index contributed by atoms with van der Waals surface area (Å²) < 4.78 is 0. The average Bonchev–Trinajstić information content (AvgIpc) is 3.16. The molecule has 4 heteroatoms. The number of primary amides is 1. The minimum absolute atomic E-state index is 0.247. The van der Waals surface area contributed by atoms with Crippen LogP contribution in [0.25, 0.3) is 0 Å². The van der Waals surface area contributed by atoms with Crippen LogP contribution in [0.1, 0.15) is 46.5 Å². The minimum Gasteiger partial charge on any atom is -0.368 e. The van der Waals surface area contributed by atoms with E-state index in [9.17, 15) is 4.79 Å². The molecule has 1 saturated carbocycles. The summed E-state index contributed by atoms with van der Waals surface area (Å²) >= 11 is 0. The van der Waals surface area contributed by atoms with Crippen molar-refractivity contribution in [2.75, 3.05) is 20.1 Å². The molecule has 1 fully saturated rings. The van der Waals surface area contributed by atoms with Crippen molar-refractivity contribution in [2.45, 2.75) is 58.0 Å². The highest BCUT2D eigenvalue weighted by Gasteiger charge is 2.33. The number of nitrogens with zero attached hydrogens (tertiary/aromatic N) is 1. The van der Waals surface area contributed by atoms with Gasteiger partial charge >= 0.3 is 0 Å². The van der Waals surface area contributed by atoms with Crippen LogP contribution in [-0.4, -0.2) is 42.5 Å². The fraction of sp³-hybridized carbons (Fsp3) is 0.929. The fourth-order valence-electron chi connectivity index (χ4n) is 2.24. The third kappa shape index (κ3) is 4.25. The largest absolute Gasteiger partial charge is 0.368 e. The molecule has 1 amide bonds. The number of hydrogen-bond acceptors (Lipinski definition) is 3. The Kier molecular flexibility index (Phi) is 5.60. The number of nitrogens with one attached hydrogen (secondary N) is 1. The molecule has 0 heterocycles. The summed E-state index contributed by atoms with van der Waals surface area (Å²) in [6.07, 6.45) is 4.49. The average molecular weight is 255 g/mol. The molecule has 0 aromatic rings. The summed E-state index contributed by atoms with van der Waals surface area (Å²) in [6, 6.07) is 0.619. The molecule has 0 aromatic heterocycles. The smallest absolute Gasteiger partial charge is 0.237 e. The van der Waals surface area contributed by atoms with Gasteiger partial charge in [0.2, 0.25) is 5.91 Å². The molecule has 0 radical (unpaired) electrons. The topological polar surface area (TPSA) is 58.4 Å². The number of nitrogens with two attached hydrogens (primary N) is 1. The molecule has 0 aromatic carbocycles. The van der Waals surface area contributed by atoms with Gasteiger partial charge in [-0.1, -0.05) is 6.92 Å². The van der Waals surface area contributed by atoms with Crippen molar-refractivity contribution in [3.05, 3.63) is 0 Å². The SMILES string of the molecule is CCCNC(C)(CCN(C)C(C)C1CC1)C(N)=O. The second-order valence-electron chi connectivity index (χ2n) is 5.93. The van der Waals surface area contributed by atoms with E-state index < -0.39 is 5.54 Å². The Bertz CT molecular complexity index is 278. The Labute approximate surface area is 111 Å². The van der Waals surface area contributed by atoms with E-state index in [1.807, 2.05) is 6.92 Å². The standard InChI is InChI=1S/C14H29N3O/c1-5-9-16-14(3,13(15)18)8-10-17(4)11(2)12-6-7-12/h11-12,16H,5-10H2,1-4H3,(H2,15,18). The first-order chi connectivity index (χ1) is 8.40. The van der Waals surface area contributed by atoms with Crippen LogP contribution in [0.3, 0.4) is 0 Å². The van der Waals surface area contributed by atoms with Gasteiger partial charge in [-0.05, 0) is 59.0 Å². The van der Waals surface area contributed by atoms with E-state index in [2.05, 4.69) is 31.1 Å². The summed E-state index contributed by atoms with van der Waals surface area (Å²) in [7, 11) is 2.14. The van der Waals surface area contributed by atoms with Crippen molar-refractivity contribution in [2.24, 2.45) is 11.7 Å². The molecule has 1 rings (SSSR count). The summed E-state index contributed by atoms with van der Waals surface area (Å²) in [4.78, 5) is 14.0. The maximum atomic E-state index is 11.6. The number of carbonyl (C=O) groups is 1. The Morgan fingerprint density at radius 3 is 2.61 bits per heavy atom. The van der Waals surface area contributed by atoms with Crippen LogP contribution in [0, 0.1) is 5.92 Å². The van der Waals surface area contributed by atoms with Crippen LogP contribution in [0.15, 0.2) is 0 Å². The van der Waals surface area contributed by atoms with Gasteiger partial charge in [0.15, 0.2) is 0 Å². The Morgan fingerprint density at radius 1 is 1.56 bits per heavy atom. The number of hydrogen-bond donors (Lipinski definition) is 2. The van der Waals surface area contributed by atoms with Crippen molar-refractivity contribution in [3.8, 4) is 0 Å². The van der Waals surface area contributed by atoms with Gasteiger partial charge in [-0.25, -0.2) is 0 Å². The van der Waals surface area contributed by atoms with Crippen LogP contribution < -0.4 is 11.1 Å². The van der Waals surface area contributed by atoms with Crippen LogP contribution in [0.4, 0.5) is 0 Å². The maximum Gasteiger partial charge on any atom is 0.237 e. The Balaban J connectivity index is 2.42. The predicted molar refractivity (Wildman–Crippen MR) is 75.3 cm³/mol. The van der Waals surface area contributed by atoms with Crippen LogP contribution in [0.2, 0.25) is 0 Å². The highest BCUT2D eigenvalue weighted by atomic mass is 16.1. The molecule has 3 N–H and O–H groups in total. The van der Waals surface area contributed by atoms with Gasteiger partial charge in [-0.15, -0.1) is 0 Å². The Hall–Kier alpha value is -0.610. The highest BCUT2D eigenvalue weighted by molar-refractivity contribution is 5.84. The van der Waals surface area contributed by atoms with E-state index in [1.54, 1.807) is 0 Å². The van der Waals surface area contributed by atoms with Crippen LogP contribution in [-0.2, 0) is 4.79 Å². The zero-order chi connectivity index (χ0) is 13.8. The van der Waals surface area contributed by atoms with Crippen molar-refractivity contribution < 1.29 is 4.79 Å². The first-order valence-corrected chi connectivity index (χ1v) is 7.16. The summed E-state index contributed by atoms with van der Waals surface area (Å²) in [5, 5.41) is 3.28. The van der Waals surface area contributed by atoms with Crippen molar-refractivity contribution in [3.63, 3.8) is 0 Å². The lowest BCUT2D eigenvalue weighted by Gasteiger charge is -2.32. The quantitative estimate of drug-likeness (QED) is 0.654. The lowest BCUT2D eigenvalue weighted by Crippen LogP contribution is -2.55. The monoisotopic (exact) mass is 255 g/mol. The van der Waals surface area contributed by atoms with Gasteiger partial charge in [-0.2, -0.15) is 0 Å². The molecule has 2 unspecified atom stereocenters. The molecule has 1 aliphatic carbocycles. The molecule has 106 valence electrons.